The van der Waals surface area contributed by atoms with Crippen molar-refractivity contribution in [2.24, 2.45) is 23.7 Å². The molecular weight excluding hydrogens is 636 g/mol. The molecule has 6 unspecified atom stereocenters. The summed E-state index contributed by atoms with van der Waals surface area (Å²) in [6.07, 6.45) is 3.28. The summed E-state index contributed by atoms with van der Waals surface area (Å²) < 4.78 is 29.3. The Morgan fingerprint density at radius 2 is 1.66 bits per heavy atom. The summed E-state index contributed by atoms with van der Waals surface area (Å²) in [6.45, 7) is 15.6. The maximum Gasteiger partial charge on any atom is 0.310 e. The second-order valence-electron chi connectivity index (χ2n) is 13.7. The molecule has 0 amide bonds. The predicted octanol–water partition coefficient (Wildman–Crippen LogP) is 6.55. The lowest BCUT2D eigenvalue weighted by molar-refractivity contribution is -0.384. The minimum Gasteiger partial charge on any atom is -0.493 e. The van der Waals surface area contributed by atoms with E-state index in [0.717, 1.165) is 11.1 Å². The molecule has 1 aliphatic heterocycles. The van der Waals surface area contributed by atoms with Crippen LogP contribution in [0.2, 0.25) is 0 Å². The van der Waals surface area contributed by atoms with Crippen LogP contribution in [0.1, 0.15) is 65.5 Å². The normalized spacial score (nSPS) is 30.7. The molecule has 9 nitrogen and oxygen atoms in total. The Morgan fingerprint density at radius 3 is 2.30 bits per heavy atom. The maximum absolute atomic E-state index is 13.6. The molecule has 1 fully saturated rings. The van der Waals surface area contributed by atoms with Crippen molar-refractivity contribution in [1.82, 2.24) is 0 Å². The number of ether oxygens (including phenoxy) is 5. The highest BCUT2D eigenvalue weighted by Gasteiger charge is 2.56. The van der Waals surface area contributed by atoms with Crippen molar-refractivity contribution >= 4 is 11.8 Å². The van der Waals surface area contributed by atoms with Crippen LogP contribution in [0.5, 0.6) is 11.5 Å². The van der Waals surface area contributed by atoms with Crippen LogP contribution in [-0.2, 0) is 36.6 Å². The minimum atomic E-state index is -1.97. The molecule has 2 N–H and O–H groups in total. The third kappa shape index (κ3) is 8.57. The summed E-state index contributed by atoms with van der Waals surface area (Å²) in [7, 11) is 3.07. The van der Waals surface area contributed by atoms with E-state index in [9.17, 15) is 19.8 Å². The van der Waals surface area contributed by atoms with Crippen LogP contribution < -0.4 is 9.47 Å². The van der Waals surface area contributed by atoms with Gasteiger partial charge in [0.1, 0.15) is 12.2 Å². The van der Waals surface area contributed by atoms with E-state index in [-0.39, 0.29) is 49.4 Å². The van der Waals surface area contributed by atoms with Crippen LogP contribution >= 0.6 is 0 Å². The van der Waals surface area contributed by atoms with Crippen molar-refractivity contribution in [3.63, 3.8) is 0 Å². The number of hydrogen-bond acceptors (Lipinski definition) is 9. The molecule has 3 aliphatic rings. The zero-order valence-electron chi connectivity index (χ0n) is 30.7. The monoisotopic (exact) mass is 690 g/mol. The lowest BCUT2D eigenvalue weighted by Gasteiger charge is -2.40. The molecule has 0 saturated carbocycles. The molecule has 1 heterocycles. The van der Waals surface area contributed by atoms with Crippen LogP contribution in [-0.4, -0.2) is 66.6 Å². The van der Waals surface area contributed by atoms with Crippen molar-refractivity contribution in [3.05, 3.63) is 95.1 Å². The summed E-state index contributed by atoms with van der Waals surface area (Å²) in [5, 5.41) is 24.2. The van der Waals surface area contributed by atoms with Gasteiger partial charge in [-0.25, -0.2) is 0 Å². The first-order valence-corrected chi connectivity index (χ1v) is 17.6. The van der Waals surface area contributed by atoms with E-state index >= 15 is 0 Å². The van der Waals surface area contributed by atoms with Crippen LogP contribution in [0.15, 0.2) is 84.0 Å². The van der Waals surface area contributed by atoms with Gasteiger partial charge in [0.05, 0.1) is 39.3 Å². The first-order chi connectivity index (χ1) is 23.8. The van der Waals surface area contributed by atoms with Crippen molar-refractivity contribution < 1.29 is 43.5 Å². The Kier molecular flexibility index (Phi) is 12.9. The molecule has 2 aromatic rings. The summed E-state index contributed by atoms with van der Waals surface area (Å²) in [5.41, 5.74) is 1.66. The molecule has 0 aromatic heterocycles. The van der Waals surface area contributed by atoms with Crippen molar-refractivity contribution in [1.29, 1.82) is 0 Å². The van der Waals surface area contributed by atoms with E-state index in [1.165, 1.54) is 7.11 Å². The average Bonchev–Trinajstić information content (AvgIpc) is 3.23. The first kappa shape index (κ1) is 39.0. The topological polar surface area (TPSA) is 121 Å². The molecule has 2 aliphatic carbocycles. The van der Waals surface area contributed by atoms with Gasteiger partial charge >= 0.3 is 5.97 Å². The summed E-state index contributed by atoms with van der Waals surface area (Å²) >= 11 is 0. The molecule has 50 heavy (non-hydrogen) atoms. The van der Waals surface area contributed by atoms with Crippen molar-refractivity contribution in [3.8, 4) is 11.5 Å². The number of methoxy groups -OCH3 is 2. The average molecular weight is 691 g/mol. The minimum absolute atomic E-state index is 0.00509. The number of benzene rings is 2. The Balaban J connectivity index is 0.00000276. The number of ketones is 1. The second-order valence-corrected chi connectivity index (χ2v) is 13.7. The van der Waals surface area contributed by atoms with E-state index in [4.69, 9.17) is 23.7 Å². The number of fused-ring (bicyclic) bond motifs is 3. The fraction of sp³-hybridized carbons (Fsp3) is 0.512. The van der Waals surface area contributed by atoms with E-state index in [1.807, 2.05) is 70.2 Å². The zero-order chi connectivity index (χ0) is 36.8. The third-order valence-electron chi connectivity index (χ3n) is 10.0. The van der Waals surface area contributed by atoms with Crippen LogP contribution in [0.4, 0.5) is 0 Å². The Bertz CT molecular complexity index is 1580. The smallest absolute Gasteiger partial charge is 0.310 e. The van der Waals surface area contributed by atoms with Crippen molar-refractivity contribution in [2.75, 3.05) is 20.8 Å². The van der Waals surface area contributed by atoms with Gasteiger partial charge in [-0.2, -0.15) is 0 Å². The van der Waals surface area contributed by atoms with Gasteiger partial charge in [-0.15, -0.1) is 0 Å². The van der Waals surface area contributed by atoms with Crippen LogP contribution in [0.3, 0.4) is 0 Å². The van der Waals surface area contributed by atoms with Crippen LogP contribution in [0.25, 0.3) is 0 Å². The number of carbonyl (C=O) groups is 2. The SMILES string of the molecule is C=C(C)C1C[C@@H](C)C2C(C=C(COC(=O)Cc3ccc(OC)c(OC)c3)CC3(O)C(=O)C(C)=CC23)C(C)O[C@](O)(Cc2ccccc2)O1.CC. The molecule has 5 rings (SSSR count). The number of esters is 1. The van der Waals surface area contributed by atoms with Gasteiger partial charge in [-0.3, -0.25) is 9.59 Å². The second kappa shape index (κ2) is 16.5. The van der Waals surface area contributed by atoms with Gasteiger partial charge in [0.25, 0.3) is 5.97 Å². The van der Waals surface area contributed by atoms with Gasteiger partial charge in [0.2, 0.25) is 0 Å². The van der Waals surface area contributed by atoms with Gasteiger partial charge in [0, 0.05) is 18.3 Å². The lowest BCUT2D eigenvalue weighted by atomic mass is 9.67. The molecule has 0 radical (unpaired) electrons. The van der Waals surface area contributed by atoms with Gasteiger partial charge in [0.15, 0.2) is 17.3 Å². The zero-order valence-corrected chi connectivity index (χ0v) is 30.7. The molecule has 1 saturated heterocycles. The summed E-state index contributed by atoms with van der Waals surface area (Å²) in [4.78, 5) is 26.7. The fourth-order valence-electron chi connectivity index (χ4n) is 7.69. The number of aliphatic hydroxyl groups is 2. The molecule has 2 aromatic carbocycles. The Morgan fingerprint density at radius 1 is 0.980 bits per heavy atom. The predicted molar refractivity (Wildman–Crippen MR) is 192 cm³/mol. The number of Topliss-reactive ketones (excluding diaryl/α,β-unsaturated/α-hetero) is 1. The van der Waals surface area contributed by atoms with Crippen LogP contribution in [0, 0.1) is 23.7 Å². The fourth-order valence-corrected chi connectivity index (χ4v) is 7.69. The molecular formula is C41H54O9. The molecule has 0 bridgehead atoms. The van der Waals surface area contributed by atoms with E-state index in [1.54, 1.807) is 32.2 Å². The molecule has 0 spiro atoms. The quantitative estimate of drug-likeness (QED) is 0.223. The first-order valence-electron chi connectivity index (χ1n) is 17.6. The van der Waals surface area contributed by atoms with E-state index in [0.29, 0.717) is 34.6 Å². The highest BCUT2D eigenvalue weighted by atomic mass is 16.8. The van der Waals surface area contributed by atoms with Gasteiger partial charge in [-0.05, 0) is 73.4 Å². The lowest BCUT2D eigenvalue weighted by Crippen LogP contribution is -2.48. The number of hydrogen-bond donors (Lipinski definition) is 2. The molecule has 272 valence electrons. The van der Waals surface area contributed by atoms with Crippen molar-refractivity contribution in [2.45, 2.75) is 91.0 Å². The summed E-state index contributed by atoms with van der Waals surface area (Å²) in [6, 6.07) is 14.7. The molecule has 9 heteroatoms. The summed E-state index contributed by atoms with van der Waals surface area (Å²) in [5.74, 6) is -2.97. The highest BCUT2D eigenvalue weighted by Crippen LogP contribution is 2.51. The Labute approximate surface area is 296 Å². The number of rotatable bonds is 9. The van der Waals surface area contributed by atoms with E-state index in [2.05, 4.69) is 13.5 Å². The standard InChI is InChI=1S/C39H48O9.C2H6/c1-23(2)33-16-24(3)36-30(26(5)47-39(43,48-33)21-27-11-9-8-10-12-27)17-29(20-38(42)31(36)15-25(4)37(38)41)22-46-35(40)19-28-13-14-32(44-6)34(18-28)45-7;1-2/h8-15,17-18,24,26,30-31,33,36,42-43H,1,16,19-22H2,2-7H3;1-2H3/t24-,26?,30?,31?,33?,36?,38?,39-;/m1./s1. The highest BCUT2D eigenvalue weighted by molar-refractivity contribution is 6.04. The third-order valence-corrected chi connectivity index (χ3v) is 10.0. The van der Waals surface area contributed by atoms with Gasteiger partial charge < -0.3 is 33.9 Å². The van der Waals surface area contributed by atoms with E-state index < -0.39 is 35.7 Å². The maximum atomic E-state index is 13.6. The van der Waals surface area contributed by atoms with Gasteiger partial charge in [-0.1, -0.05) is 81.5 Å². The molecule has 8 atom stereocenters. The Hall–Kier alpha value is -3.76. The largest absolute Gasteiger partial charge is 0.493 e. The number of carbonyl (C=O) groups excluding carboxylic acids is 2.